The van der Waals surface area contributed by atoms with Gasteiger partial charge in [0.15, 0.2) is 5.82 Å². The summed E-state index contributed by atoms with van der Waals surface area (Å²) in [7, 11) is 1.79. The second kappa shape index (κ2) is 3.41. The number of nitrogens with zero attached hydrogens (tertiary/aromatic N) is 3. The Morgan fingerprint density at radius 2 is 2.29 bits per heavy atom. The molecule has 0 unspecified atom stereocenters. The Morgan fingerprint density at radius 3 is 2.86 bits per heavy atom. The zero-order valence-corrected chi connectivity index (χ0v) is 7.71. The molecule has 0 fully saturated rings. The van der Waals surface area contributed by atoms with E-state index in [4.69, 9.17) is 0 Å². The van der Waals surface area contributed by atoms with Crippen molar-refractivity contribution in [3.63, 3.8) is 0 Å². The highest BCUT2D eigenvalue weighted by atomic mass is 16.1. The third-order valence-electron chi connectivity index (χ3n) is 1.95. The SMILES string of the molecule is Cn1ccnc1C(=O)c1cccnc1. The minimum Gasteiger partial charge on any atom is -0.331 e. The van der Waals surface area contributed by atoms with Gasteiger partial charge in [-0.25, -0.2) is 4.98 Å². The van der Waals surface area contributed by atoms with E-state index in [2.05, 4.69) is 9.97 Å². The number of pyridine rings is 1. The number of carbonyl (C=O) groups is 1. The summed E-state index contributed by atoms with van der Waals surface area (Å²) in [4.78, 5) is 19.7. The fourth-order valence-electron chi connectivity index (χ4n) is 1.21. The number of hydrogen-bond donors (Lipinski definition) is 0. The summed E-state index contributed by atoms with van der Waals surface area (Å²) in [5.74, 6) is 0.323. The van der Waals surface area contributed by atoms with Crippen LogP contribution in [0.15, 0.2) is 36.9 Å². The van der Waals surface area contributed by atoms with Crippen molar-refractivity contribution in [1.29, 1.82) is 0 Å². The molecule has 0 saturated heterocycles. The highest BCUT2D eigenvalue weighted by Crippen LogP contribution is 2.05. The molecule has 4 nitrogen and oxygen atoms in total. The fourth-order valence-corrected chi connectivity index (χ4v) is 1.21. The summed E-state index contributed by atoms with van der Waals surface area (Å²) in [6.45, 7) is 0. The highest BCUT2D eigenvalue weighted by molar-refractivity contribution is 6.06. The summed E-state index contributed by atoms with van der Waals surface area (Å²) >= 11 is 0. The monoisotopic (exact) mass is 187 g/mol. The minimum atomic E-state index is -0.106. The Morgan fingerprint density at radius 1 is 1.43 bits per heavy atom. The van der Waals surface area contributed by atoms with Crippen molar-refractivity contribution in [2.24, 2.45) is 7.05 Å². The molecular formula is C10H9N3O. The smallest absolute Gasteiger partial charge is 0.229 e. The van der Waals surface area contributed by atoms with Gasteiger partial charge < -0.3 is 4.57 Å². The summed E-state index contributed by atoms with van der Waals surface area (Å²) in [6.07, 6.45) is 6.51. The number of rotatable bonds is 2. The van der Waals surface area contributed by atoms with Gasteiger partial charge in [-0.2, -0.15) is 0 Å². The second-order valence-electron chi connectivity index (χ2n) is 2.93. The maximum atomic E-state index is 11.8. The Kier molecular flexibility index (Phi) is 2.10. The molecule has 4 heteroatoms. The first-order valence-corrected chi connectivity index (χ1v) is 4.21. The molecule has 0 bridgehead atoms. The maximum Gasteiger partial charge on any atom is 0.229 e. The lowest BCUT2D eigenvalue weighted by atomic mass is 10.2. The molecule has 0 aliphatic carbocycles. The van der Waals surface area contributed by atoms with Gasteiger partial charge in [-0.05, 0) is 12.1 Å². The van der Waals surface area contributed by atoms with E-state index in [0.717, 1.165) is 0 Å². The van der Waals surface area contributed by atoms with E-state index < -0.39 is 0 Å². The Bertz CT molecular complexity index is 447. The van der Waals surface area contributed by atoms with E-state index in [1.54, 1.807) is 42.3 Å². The number of carbonyl (C=O) groups excluding carboxylic acids is 1. The zero-order chi connectivity index (χ0) is 9.97. The van der Waals surface area contributed by atoms with Crippen LogP contribution in [0.4, 0.5) is 0 Å². The van der Waals surface area contributed by atoms with E-state index in [1.165, 1.54) is 6.20 Å². The van der Waals surface area contributed by atoms with Crippen LogP contribution in [0.3, 0.4) is 0 Å². The predicted molar refractivity (Wildman–Crippen MR) is 50.9 cm³/mol. The van der Waals surface area contributed by atoms with Crippen LogP contribution in [0, 0.1) is 0 Å². The van der Waals surface area contributed by atoms with Gasteiger partial charge in [0.05, 0.1) is 0 Å². The third kappa shape index (κ3) is 1.42. The maximum absolute atomic E-state index is 11.8. The van der Waals surface area contributed by atoms with Crippen molar-refractivity contribution in [3.8, 4) is 0 Å². The molecule has 70 valence electrons. The van der Waals surface area contributed by atoms with E-state index in [9.17, 15) is 4.79 Å². The van der Waals surface area contributed by atoms with Gasteiger partial charge in [-0.3, -0.25) is 9.78 Å². The van der Waals surface area contributed by atoms with E-state index >= 15 is 0 Å². The molecule has 0 aliphatic heterocycles. The van der Waals surface area contributed by atoms with Crippen LogP contribution < -0.4 is 0 Å². The van der Waals surface area contributed by atoms with Gasteiger partial charge >= 0.3 is 0 Å². The molecule has 2 aromatic rings. The number of aromatic nitrogens is 3. The van der Waals surface area contributed by atoms with Gasteiger partial charge in [0.2, 0.25) is 5.78 Å². The minimum absolute atomic E-state index is 0.106. The first-order valence-electron chi connectivity index (χ1n) is 4.21. The lowest BCUT2D eigenvalue weighted by Crippen LogP contribution is -2.08. The van der Waals surface area contributed by atoms with Crippen LogP contribution in [-0.4, -0.2) is 20.3 Å². The van der Waals surface area contributed by atoms with Crippen molar-refractivity contribution in [1.82, 2.24) is 14.5 Å². The normalized spacial score (nSPS) is 10.1. The van der Waals surface area contributed by atoms with Crippen molar-refractivity contribution in [3.05, 3.63) is 48.3 Å². The van der Waals surface area contributed by atoms with Gasteiger partial charge in [0, 0.05) is 37.4 Å². The van der Waals surface area contributed by atoms with Crippen molar-refractivity contribution >= 4 is 5.78 Å². The lowest BCUT2D eigenvalue weighted by Gasteiger charge is -1.99. The van der Waals surface area contributed by atoms with Crippen LogP contribution in [-0.2, 0) is 7.05 Å². The molecule has 14 heavy (non-hydrogen) atoms. The quantitative estimate of drug-likeness (QED) is 0.660. The summed E-state index contributed by atoms with van der Waals surface area (Å²) in [6, 6.07) is 3.46. The van der Waals surface area contributed by atoms with Crippen LogP contribution in [0.5, 0.6) is 0 Å². The van der Waals surface area contributed by atoms with Crippen LogP contribution >= 0.6 is 0 Å². The number of ketones is 1. The molecular weight excluding hydrogens is 178 g/mol. The lowest BCUT2D eigenvalue weighted by molar-refractivity contribution is 0.102. The van der Waals surface area contributed by atoms with Crippen molar-refractivity contribution in [2.45, 2.75) is 0 Å². The predicted octanol–water partition coefficient (Wildman–Crippen LogP) is 1.05. The molecule has 0 spiro atoms. The molecule has 0 radical (unpaired) electrons. The fraction of sp³-hybridized carbons (Fsp3) is 0.100. The topological polar surface area (TPSA) is 47.8 Å². The van der Waals surface area contributed by atoms with Gasteiger partial charge in [0.25, 0.3) is 0 Å². The number of hydrogen-bond acceptors (Lipinski definition) is 3. The number of imidazole rings is 1. The largest absolute Gasteiger partial charge is 0.331 e. The Balaban J connectivity index is 2.39. The number of aryl methyl sites for hydroxylation is 1. The summed E-state index contributed by atoms with van der Waals surface area (Å²) < 4.78 is 1.69. The Hall–Kier alpha value is -1.97. The average molecular weight is 187 g/mol. The van der Waals surface area contributed by atoms with Crippen molar-refractivity contribution in [2.75, 3.05) is 0 Å². The Labute approximate surface area is 81.2 Å². The summed E-state index contributed by atoms with van der Waals surface area (Å²) in [5.41, 5.74) is 0.557. The van der Waals surface area contributed by atoms with Crippen LogP contribution in [0.25, 0.3) is 0 Å². The van der Waals surface area contributed by atoms with E-state index in [1.807, 2.05) is 0 Å². The van der Waals surface area contributed by atoms with E-state index in [0.29, 0.717) is 11.4 Å². The second-order valence-corrected chi connectivity index (χ2v) is 2.93. The molecule has 2 heterocycles. The van der Waals surface area contributed by atoms with Gasteiger partial charge in [0.1, 0.15) is 0 Å². The molecule has 0 aromatic carbocycles. The molecule has 0 aliphatic rings. The molecule has 0 saturated carbocycles. The first kappa shape index (κ1) is 8.62. The van der Waals surface area contributed by atoms with Gasteiger partial charge in [-0.1, -0.05) is 0 Å². The van der Waals surface area contributed by atoms with Crippen molar-refractivity contribution < 1.29 is 4.79 Å². The first-order chi connectivity index (χ1) is 6.79. The van der Waals surface area contributed by atoms with Crippen LogP contribution in [0.2, 0.25) is 0 Å². The van der Waals surface area contributed by atoms with E-state index in [-0.39, 0.29) is 5.78 Å². The van der Waals surface area contributed by atoms with Gasteiger partial charge in [-0.15, -0.1) is 0 Å². The molecule has 0 amide bonds. The molecule has 0 N–H and O–H groups in total. The summed E-state index contributed by atoms with van der Waals surface area (Å²) in [5, 5.41) is 0. The highest BCUT2D eigenvalue weighted by Gasteiger charge is 2.12. The third-order valence-corrected chi connectivity index (χ3v) is 1.95. The molecule has 0 atom stereocenters. The average Bonchev–Trinajstić information content (AvgIpc) is 2.65. The zero-order valence-electron chi connectivity index (χ0n) is 7.71. The standard InChI is InChI=1S/C10H9N3O/c1-13-6-5-12-10(13)9(14)8-3-2-4-11-7-8/h2-7H,1H3. The molecule has 2 rings (SSSR count). The molecule has 2 aromatic heterocycles. The van der Waals surface area contributed by atoms with Crippen LogP contribution in [0.1, 0.15) is 16.2 Å².